The van der Waals surface area contributed by atoms with Crippen LogP contribution in [0.2, 0.25) is 15.1 Å². The summed E-state index contributed by atoms with van der Waals surface area (Å²) < 4.78 is 29.0. The highest BCUT2D eigenvalue weighted by Gasteiger charge is 2.33. The lowest BCUT2D eigenvalue weighted by Crippen LogP contribution is -2.51. The van der Waals surface area contributed by atoms with Gasteiger partial charge in [0, 0.05) is 18.1 Å². The van der Waals surface area contributed by atoms with Crippen LogP contribution in [0.1, 0.15) is 37.5 Å². The molecule has 0 aliphatic rings. The van der Waals surface area contributed by atoms with E-state index < -0.39 is 28.5 Å². The predicted octanol–water partition coefficient (Wildman–Crippen LogP) is 6.65. The minimum absolute atomic E-state index is 0.00397. The van der Waals surface area contributed by atoms with E-state index in [4.69, 9.17) is 34.8 Å². The van der Waals surface area contributed by atoms with Gasteiger partial charge in [0.2, 0.25) is 11.8 Å². The summed E-state index contributed by atoms with van der Waals surface area (Å²) in [6, 6.07) is 15.2. The molecule has 0 aliphatic carbocycles. The van der Waals surface area contributed by atoms with Gasteiger partial charge in [0.1, 0.15) is 12.6 Å². The second kappa shape index (κ2) is 13.9. The monoisotopic (exact) mass is 637 g/mol. The number of carbonyl (C=O) groups is 2. The number of anilines is 1. The summed E-state index contributed by atoms with van der Waals surface area (Å²) in [5.41, 5.74) is 2.39. The van der Waals surface area contributed by atoms with Gasteiger partial charge < -0.3 is 10.2 Å². The molecule has 220 valence electrons. The van der Waals surface area contributed by atoms with E-state index in [-0.39, 0.29) is 23.3 Å². The molecular formula is C30H34Cl3N3O4S. The minimum atomic E-state index is -4.18. The van der Waals surface area contributed by atoms with Crippen LogP contribution in [0.15, 0.2) is 65.6 Å². The first-order valence-electron chi connectivity index (χ1n) is 13.1. The Morgan fingerprint density at radius 1 is 0.878 bits per heavy atom. The summed E-state index contributed by atoms with van der Waals surface area (Å²) in [5.74, 6) is -0.732. The summed E-state index contributed by atoms with van der Waals surface area (Å²) in [4.78, 5) is 28.5. The highest BCUT2D eigenvalue weighted by Crippen LogP contribution is 2.30. The van der Waals surface area contributed by atoms with Crippen LogP contribution in [-0.2, 0) is 26.2 Å². The Kier molecular flexibility index (Phi) is 11.1. The molecule has 3 rings (SSSR count). The molecule has 1 N–H and O–H groups in total. The quantitative estimate of drug-likeness (QED) is 0.255. The fraction of sp³-hybridized carbons (Fsp3) is 0.333. The van der Waals surface area contributed by atoms with Gasteiger partial charge in [0.25, 0.3) is 10.0 Å². The summed E-state index contributed by atoms with van der Waals surface area (Å²) in [6.45, 7) is 8.99. The van der Waals surface area contributed by atoms with Gasteiger partial charge in [-0.15, -0.1) is 0 Å². The molecule has 0 aliphatic heterocycles. The molecule has 7 nitrogen and oxygen atoms in total. The van der Waals surface area contributed by atoms with Gasteiger partial charge in [-0.3, -0.25) is 13.9 Å². The number of benzene rings is 3. The normalized spacial score (nSPS) is 12.2. The van der Waals surface area contributed by atoms with E-state index in [1.165, 1.54) is 17.0 Å². The molecule has 0 aromatic heterocycles. The molecule has 0 bridgehead atoms. The van der Waals surface area contributed by atoms with Gasteiger partial charge in [0.15, 0.2) is 0 Å². The molecule has 1 atom stereocenters. The molecule has 11 heteroatoms. The summed E-state index contributed by atoms with van der Waals surface area (Å²) in [7, 11) is -4.18. The lowest BCUT2D eigenvalue weighted by molar-refractivity contribution is -0.139. The lowest BCUT2D eigenvalue weighted by Gasteiger charge is -2.32. The van der Waals surface area contributed by atoms with Crippen molar-refractivity contribution in [1.29, 1.82) is 0 Å². The van der Waals surface area contributed by atoms with E-state index in [1.54, 1.807) is 62.4 Å². The van der Waals surface area contributed by atoms with Crippen molar-refractivity contribution in [2.75, 3.05) is 17.4 Å². The number of hydrogen-bond acceptors (Lipinski definition) is 4. The van der Waals surface area contributed by atoms with Gasteiger partial charge in [-0.1, -0.05) is 72.4 Å². The Labute approximate surface area is 257 Å². The number of rotatable bonds is 11. The summed E-state index contributed by atoms with van der Waals surface area (Å²) >= 11 is 18.5. The Balaban J connectivity index is 2.06. The lowest BCUT2D eigenvalue weighted by atomic mass is 10.1. The first-order valence-corrected chi connectivity index (χ1v) is 15.6. The van der Waals surface area contributed by atoms with Crippen LogP contribution in [0.3, 0.4) is 0 Å². The van der Waals surface area contributed by atoms with E-state index in [1.807, 2.05) is 20.8 Å². The zero-order valence-corrected chi connectivity index (χ0v) is 26.7. The Morgan fingerprint density at radius 3 is 2.12 bits per heavy atom. The SMILES string of the molecule is Cc1ccc(S(=O)(=O)N(CC(=O)N(Cc2ccc(Cl)c(Cl)c2)[C@H](C)C(=O)NCC(C)C)c2ccc(Cl)cc2C)cc1. The number of nitrogens with zero attached hydrogens (tertiary/aromatic N) is 2. The molecule has 3 aromatic carbocycles. The largest absolute Gasteiger partial charge is 0.354 e. The van der Waals surface area contributed by atoms with E-state index >= 15 is 0 Å². The summed E-state index contributed by atoms with van der Waals surface area (Å²) in [6.07, 6.45) is 0. The third-order valence-corrected chi connectivity index (χ3v) is 9.25. The molecule has 0 unspecified atom stereocenters. The second-order valence-corrected chi connectivity index (χ2v) is 13.5. The fourth-order valence-electron chi connectivity index (χ4n) is 4.12. The van der Waals surface area contributed by atoms with Crippen LogP contribution in [0.4, 0.5) is 5.69 Å². The zero-order chi connectivity index (χ0) is 30.5. The Hall–Kier alpha value is -2.78. The number of halogens is 3. The summed E-state index contributed by atoms with van der Waals surface area (Å²) in [5, 5.41) is 3.94. The van der Waals surface area contributed by atoms with Crippen molar-refractivity contribution in [3.8, 4) is 0 Å². The van der Waals surface area contributed by atoms with Crippen LogP contribution < -0.4 is 9.62 Å². The number of hydrogen-bond donors (Lipinski definition) is 1. The fourth-order valence-corrected chi connectivity index (χ4v) is 6.15. The molecule has 0 saturated carbocycles. The topological polar surface area (TPSA) is 86.8 Å². The maximum absolute atomic E-state index is 14.0. The highest BCUT2D eigenvalue weighted by atomic mass is 35.5. The number of nitrogens with one attached hydrogen (secondary N) is 1. The van der Waals surface area contributed by atoms with Gasteiger partial charge in [-0.2, -0.15) is 0 Å². The molecule has 0 saturated heterocycles. The zero-order valence-electron chi connectivity index (χ0n) is 23.6. The molecule has 0 radical (unpaired) electrons. The highest BCUT2D eigenvalue weighted by molar-refractivity contribution is 7.92. The second-order valence-electron chi connectivity index (χ2n) is 10.3. The van der Waals surface area contributed by atoms with Crippen molar-refractivity contribution in [3.05, 3.63) is 92.4 Å². The van der Waals surface area contributed by atoms with Crippen LogP contribution >= 0.6 is 34.8 Å². The molecular weight excluding hydrogens is 605 g/mol. The van der Waals surface area contributed by atoms with Gasteiger partial charge in [-0.05, 0) is 80.3 Å². The van der Waals surface area contributed by atoms with Gasteiger partial charge in [-0.25, -0.2) is 8.42 Å². The molecule has 0 spiro atoms. The van der Waals surface area contributed by atoms with Gasteiger partial charge >= 0.3 is 0 Å². The van der Waals surface area contributed by atoms with Crippen LogP contribution in [-0.4, -0.2) is 44.3 Å². The number of amides is 2. The number of carbonyl (C=O) groups excluding carboxylic acids is 2. The van der Waals surface area contributed by atoms with E-state index in [0.717, 1.165) is 9.87 Å². The number of aryl methyl sites for hydroxylation is 2. The first kappa shape index (κ1) is 32.7. The maximum Gasteiger partial charge on any atom is 0.264 e. The predicted molar refractivity (Wildman–Crippen MR) is 166 cm³/mol. The van der Waals surface area contributed by atoms with Crippen LogP contribution in [0.25, 0.3) is 0 Å². The number of sulfonamides is 1. The van der Waals surface area contributed by atoms with E-state index in [9.17, 15) is 18.0 Å². The van der Waals surface area contributed by atoms with E-state index in [0.29, 0.717) is 38.4 Å². The Morgan fingerprint density at radius 2 is 1.54 bits per heavy atom. The van der Waals surface area contributed by atoms with Crippen LogP contribution in [0, 0.1) is 19.8 Å². The molecule has 41 heavy (non-hydrogen) atoms. The van der Waals surface area contributed by atoms with Crippen LogP contribution in [0.5, 0.6) is 0 Å². The maximum atomic E-state index is 14.0. The van der Waals surface area contributed by atoms with E-state index in [2.05, 4.69) is 5.32 Å². The minimum Gasteiger partial charge on any atom is -0.354 e. The van der Waals surface area contributed by atoms with Crippen molar-refractivity contribution in [2.24, 2.45) is 5.92 Å². The van der Waals surface area contributed by atoms with Crippen molar-refractivity contribution in [2.45, 2.75) is 52.1 Å². The molecule has 0 heterocycles. The van der Waals surface area contributed by atoms with Gasteiger partial charge in [0.05, 0.1) is 20.6 Å². The van der Waals surface area contributed by atoms with Crippen molar-refractivity contribution >= 4 is 62.3 Å². The standard InChI is InChI=1S/C30H34Cl3N3O4S/c1-19(2)16-34-30(38)22(5)35(17-23-8-12-26(32)27(33)15-23)29(37)18-36(28-13-9-24(31)14-21(28)4)41(39,40)25-10-6-20(3)7-11-25/h6-15,19,22H,16-18H2,1-5H3,(H,34,38)/t22-/m1/s1. The Bertz CT molecular complexity index is 1510. The first-order chi connectivity index (χ1) is 19.2. The molecule has 0 fully saturated rings. The average molecular weight is 639 g/mol. The average Bonchev–Trinajstić information content (AvgIpc) is 2.91. The van der Waals surface area contributed by atoms with Crippen molar-refractivity contribution in [3.63, 3.8) is 0 Å². The smallest absolute Gasteiger partial charge is 0.264 e. The third-order valence-electron chi connectivity index (χ3n) is 6.50. The molecule has 3 aromatic rings. The molecule has 2 amide bonds. The van der Waals surface area contributed by atoms with Crippen molar-refractivity contribution < 1.29 is 18.0 Å². The third kappa shape index (κ3) is 8.38. The van der Waals surface area contributed by atoms with Crippen molar-refractivity contribution in [1.82, 2.24) is 10.2 Å².